The van der Waals surface area contributed by atoms with Gasteiger partial charge in [0, 0.05) is 26.2 Å². The first kappa shape index (κ1) is 14.9. The minimum absolute atomic E-state index is 0.723. The predicted molar refractivity (Wildman–Crippen MR) is 90.0 cm³/mol. The molecule has 100 valence electrons. The molecule has 0 aliphatic rings. The lowest BCUT2D eigenvalue weighted by atomic mass is 10.1. The number of aryl methyl sites for hydroxylation is 1. The van der Waals surface area contributed by atoms with E-state index < -0.39 is 0 Å². The van der Waals surface area contributed by atoms with Crippen LogP contribution in [0, 0.1) is 0 Å². The number of benzene rings is 2. The molecule has 0 aliphatic heterocycles. The Kier molecular flexibility index (Phi) is 5.31. The van der Waals surface area contributed by atoms with Crippen LogP contribution in [0.3, 0.4) is 0 Å². The maximum Gasteiger partial charge on any atom is 0.0467 e. The van der Waals surface area contributed by atoms with Gasteiger partial charge in [0.2, 0.25) is 0 Å². The number of hydrogen-bond acceptors (Lipinski definition) is 1. The van der Waals surface area contributed by atoms with E-state index in [2.05, 4.69) is 56.2 Å². The molecule has 4 heteroatoms. The maximum absolute atomic E-state index is 6.22. The summed E-state index contributed by atoms with van der Waals surface area (Å²) in [4.78, 5) is 0. The molecule has 0 aliphatic carbocycles. The van der Waals surface area contributed by atoms with Crippen LogP contribution in [0.15, 0.2) is 45.3 Å². The first-order valence-electron chi connectivity index (χ1n) is 6.06. The summed E-state index contributed by atoms with van der Waals surface area (Å²) in [6, 6.07) is 12.2. The van der Waals surface area contributed by atoms with E-state index in [1.54, 1.807) is 0 Å². The van der Waals surface area contributed by atoms with Crippen molar-refractivity contribution in [1.82, 2.24) is 0 Å². The summed E-state index contributed by atoms with van der Waals surface area (Å²) in [6.45, 7) is 2.88. The van der Waals surface area contributed by atoms with Gasteiger partial charge in [0.05, 0.1) is 0 Å². The van der Waals surface area contributed by atoms with Crippen molar-refractivity contribution in [1.29, 1.82) is 0 Å². The summed E-state index contributed by atoms with van der Waals surface area (Å²) in [7, 11) is 0. The number of rotatable bonds is 4. The van der Waals surface area contributed by atoms with Gasteiger partial charge in [0.25, 0.3) is 0 Å². The highest BCUT2D eigenvalue weighted by molar-refractivity contribution is 9.10. The standard InChI is InChI=1S/C15H14Br2ClN/c1-2-10-7-12(16)5-6-15(10)19-9-11-3-4-13(17)8-14(11)18/h3-8,19H,2,9H2,1H3. The Morgan fingerprint density at radius 3 is 2.37 bits per heavy atom. The molecule has 0 radical (unpaired) electrons. The second kappa shape index (κ2) is 6.78. The predicted octanol–water partition coefficient (Wildman–Crippen LogP) is 6.04. The van der Waals surface area contributed by atoms with Crippen molar-refractivity contribution in [3.8, 4) is 0 Å². The Morgan fingerprint density at radius 1 is 1.00 bits per heavy atom. The van der Waals surface area contributed by atoms with Crippen molar-refractivity contribution in [2.75, 3.05) is 5.32 Å². The lowest BCUT2D eigenvalue weighted by Gasteiger charge is -2.12. The number of halogens is 3. The van der Waals surface area contributed by atoms with Crippen LogP contribution in [0.2, 0.25) is 5.02 Å². The van der Waals surface area contributed by atoms with Gasteiger partial charge in [-0.2, -0.15) is 0 Å². The third kappa shape index (κ3) is 3.98. The van der Waals surface area contributed by atoms with Crippen LogP contribution < -0.4 is 5.32 Å². The van der Waals surface area contributed by atoms with E-state index in [0.29, 0.717) is 0 Å². The van der Waals surface area contributed by atoms with Crippen molar-refractivity contribution in [3.05, 3.63) is 61.5 Å². The van der Waals surface area contributed by atoms with Gasteiger partial charge in [-0.25, -0.2) is 0 Å². The van der Waals surface area contributed by atoms with Crippen LogP contribution >= 0.6 is 43.5 Å². The van der Waals surface area contributed by atoms with E-state index in [4.69, 9.17) is 11.6 Å². The third-order valence-corrected chi connectivity index (χ3v) is 4.27. The monoisotopic (exact) mass is 401 g/mol. The smallest absolute Gasteiger partial charge is 0.0467 e. The molecule has 2 aromatic carbocycles. The second-order valence-electron chi connectivity index (χ2n) is 4.24. The Labute approximate surface area is 135 Å². The van der Waals surface area contributed by atoms with Crippen LogP contribution in [0.5, 0.6) is 0 Å². The fraction of sp³-hybridized carbons (Fsp3) is 0.200. The highest BCUT2D eigenvalue weighted by atomic mass is 79.9. The van der Waals surface area contributed by atoms with Crippen molar-refractivity contribution in [3.63, 3.8) is 0 Å². The molecular formula is C15H14Br2ClN. The van der Waals surface area contributed by atoms with Crippen LogP contribution in [-0.4, -0.2) is 0 Å². The molecule has 0 saturated carbocycles. The molecule has 2 aromatic rings. The molecule has 1 nitrogen and oxygen atoms in total. The normalized spacial score (nSPS) is 10.5. The van der Waals surface area contributed by atoms with Gasteiger partial charge in [0.1, 0.15) is 0 Å². The molecule has 0 heterocycles. The number of hydrogen-bond donors (Lipinski definition) is 1. The van der Waals surface area contributed by atoms with Gasteiger partial charge in [0.15, 0.2) is 0 Å². The SMILES string of the molecule is CCc1cc(Br)ccc1NCc1ccc(Br)cc1Cl. The summed E-state index contributed by atoms with van der Waals surface area (Å²) in [6.07, 6.45) is 0.996. The van der Waals surface area contributed by atoms with Gasteiger partial charge in [-0.05, 0) is 47.9 Å². The summed E-state index contributed by atoms with van der Waals surface area (Å²) in [5.41, 5.74) is 3.54. The van der Waals surface area contributed by atoms with Gasteiger partial charge < -0.3 is 5.32 Å². The summed E-state index contributed by atoms with van der Waals surface area (Å²) >= 11 is 13.1. The zero-order valence-electron chi connectivity index (χ0n) is 10.5. The summed E-state index contributed by atoms with van der Waals surface area (Å²) in [5, 5.41) is 4.22. The zero-order valence-corrected chi connectivity index (χ0v) is 14.4. The first-order valence-corrected chi connectivity index (χ1v) is 8.02. The highest BCUT2D eigenvalue weighted by Gasteiger charge is 2.04. The first-order chi connectivity index (χ1) is 9.10. The lowest BCUT2D eigenvalue weighted by molar-refractivity contribution is 1.09. The largest absolute Gasteiger partial charge is 0.381 e. The molecule has 0 amide bonds. The Hall–Kier alpha value is -0.510. The summed E-state index contributed by atoms with van der Waals surface area (Å²) < 4.78 is 2.11. The number of nitrogens with one attached hydrogen (secondary N) is 1. The molecule has 2 rings (SSSR count). The minimum atomic E-state index is 0.723. The van der Waals surface area contributed by atoms with Gasteiger partial charge in [-0.1, -0.05) is 56.5 Å². The molecule has 0 fully saturated rings. The Balaban J connectivity index is 2.14. The second-order valence-corrected chi connectivity index (χ2v) is 6.48. The highest BCUT2D eigenvalue weighted by Crippen LogP contribution is 2.25. The molecule has 0 spiro atoms. The van der Waals surface area contributed by atoms with E-state index in [-0.39, 0.29) is 0 Å². The van der Waals surface area contributed by atoms with Crippen LogP contribution in [-0.2, 0) is 13.0 Å². The Bertz CT molecular complexity index is 584. The topological polar surface area (TPSA) is 12.0 Å². The van der Waals surface area contributed by atoms with E-state index in [9.17, 15) is 0 Å². The van der Waals surface area contributed by atoms with E-state index >= 15 is 0 Å². The van der Waals surface area contributed by atoms with Gasteiger partial charge in [-0.3, -0.25) is 0 Å². The molecule has 0 unspecified atom stereocenters. The minimum Gasteiger partial charge on any atom is -0.381 e. The van der Waals surface area contributed by atoms with Gasteiger partial charge >= 0.3 is 0 Å². The molecule has 0 saturated heterocycles. The van der Waals surface area contributed by atoms with Crippen LogP contribution in [0.1, 0.15) is 18.1 Å². The average molecular weight is 404 g/mol. The van der Waals surface area contributed by atoms with E-state index in [1.165, 1.54) is 5.56 Å². The van der Waals surface area contributed by atoms with Crippen molar-refractivity contribution >= 4 is 49.1 Å². The van der Waals surface area contributed by atoms with E-state index in [0.717, 1.165) is 38.2 Å². The van der Waals surface area contributed by atoms with Crippen molar-refractivity contribution in [2.24, 2.45) is 0 Å². The van der Waals surface area contributed by atoms with Crippen molar-refractivity contribution in [2.45, 2.75) is 19.9 Å². The quantitative estimate of drug-likeness (QED) is 0.656. The van der Waals surface area contributed by atoms with Crippen LogP contribution in [0.4, 0.5) is 5.69 Å². The lowest BCUT2D eigenvalue weighted by Crippen LogP contribution is -2.02. The molecule has 0 atom stereocenters. The summed E-state index contributed by atoms with van der Waals surface area (Å²) in [5.74, 6) is 0. The fourth-order valence-electron chi connectivity index (χ4n) is 1.88. The molecule has 0 aromatic heterocycles. The average Bonchev–Trinajstić information content (AvgIpc) is 2.39. The zero-order chi connectivity index (χ0) is 13.8. The van der Waals surface area contributed by atoms with Crippen molar-refractivity contribution < 1.29 is 0 Å². The van der Waals surface area contributed by atoms with Gasteiger partial charge in [-0.15, -0.1) is 0 Å². The third-order valence-electron chi connectivity index (χ3n) is 2.93. The van der Waals surface area contributed by atoms with E-state index in [1.807, 2.05) is 24.3 Å². The van der Waals surface area contributed by atoms with Crippen LogP contribution in [0.25, 0.3) is 0 Å². The number of anilines is 1. The molecule has 19 heavy (non-hydrogen) atoms. The molecule has 1 N–H and O–H groups in total. The molecule has 0 bridgehead atoms. The fourth-order valence-corrected chi connectivity index (χ4v) is 3.03. The maximum atomic E-state index is 6.22. The molecular weight excluding hydrogens is 389 g/mol. The Morgan fingerprint density at radius 2 is 1.68 bits per heavy atom.